The Morgan fingerprint density at radius 3 is 1.25 bits per heavy atom. The van der Waals surface area contributed by atoms with Crippen molar-refractivity contribution in [2.24, 2.45) is 0 Å². The second kappa shape index (κ2) is 43.3. The molecule has 0 aliphatic carbocycles. The zero-order valence-electron chi connectivity index (χ0n) is 34.3. The van der Waals surface area contributed by atoms with E-state index in [1.165, 1.54) is 122 Å². The molecule has 302 valence electrons. The summed E-state index contributed by atoms with van der Waals surface area (Å²) in [6.45, 7) is 4.03. The zero-order valence-corrected chi connectivity index (χ0v) is 34.3. The highest BCUT2D eigenvalue weighted by atomic mass is 16.6. The van der Waals surface area contributed by atoms with Gasteiger partial charge in [0.15, 0.2) is 6.10 Å². The fourth-order valence-electron chi connectivity index (χ4n) is 6.31. The molecule has 0 amide bonds. The van der Waals surface area contributed by atoms with Crippen molar-refractivity contribution in [1.82, 2.24) is 0 Å². The number of carbonyl (C=O) groups is 2. The molecule has 0 heterocycles. The van der Waals surface area contributed by atoms with E-state index < -0.39 is 6.10 Å². The van der Waals surface area contributed by atoms with Crippen molar-refractivity contribution < 1.29 is 24.2 Å². The lowest BCUT2D eigenvalue weighted by molar-refractivity contribution is -0.161. The Labute approximate surface area is 322 Å². The minimum atomic E-state index is -0.778. The third-order valence-corrected chi connectivity index (χ3v) is 9.64. The van der Waals surface area contributed by atoms with Gasteiger partial charge in [0.05, 0.1) is 6.61 Å². The number of unbranched alkanes of at least 4 members (excludes halogenated alkanes) is 24. The van der Waals surface area contributed by atoms with Gasteiger partial charge in [0.25, 0.3) is 0 Å². The fraction of sp³-hybridized carbons (Fsp3) is 0.787. The van der Waals surface area contributed by atoms with E-state index in [-0.39, 0.29) is 25.2 Å². The maximum Gasteiger partial charge on any atom is 0.306 e. The average molecular weight is 729 g/mol. The van der Waals surface area contributed by atoms with E-state index in [1.54, 1.807) is 0 Å². The molecule has 0 fully saturated rings. The van der Waals surface area contributed by atoms with E-state index in [9.17, 15) is 14.7 Å². The van der Waals surface area contributed by atoms with Gasteiger partial charge >= 0.3 is 11.9 Å². The standard InChI is InChI=1S/C47H84O5/c1-3-5-7-9-11-13-15-17-19-21-23-25-27-29-31-33-35-37-39-41-46(49)51-44-45(43-48)52-47(50)42-40-38-36-34-32-30-28-26-24-22-20-18-16-14-12-10-8-6-4-2/h6,8,12,14,18,20,24,26,45,48H,3-5,7,9-11,13,15-17,19,21-23,25,27-44H2,1-2H3/b8-6-,14-12-,20-18-,26-24-. The second-order valence-electron chi connectivity index (χ2n) is 14.8. The third-order valence-electron chi connectivity index (χ3n) is 9.64. The van der Waals surface area contributed by atoms with Gasteiger partial charge in [-0.2, -0.15) is 0 Å². The lowest BCUT2D eigenvalue weighted by Gasteiger charge is -2.15. The fourth-order valence-corrected chi connectivity index (χ4v) is 6.31. The van der Waals surface area contributed by atoms with Gasteiger partial charge in [-0.3, -0.25) is 9.59 Å². The maximum absolute atomic E-state index is 12.2. The molecule has 1 N–H and O–H groups in total. The number of rotatable bonds is 40. The number of aliphatic hydroxyl groups excluding tert-OH is 1. The average Bonchev–Trinajstić information content (AvgIpc) is 3.15. The van der Waals surface area contributed by atoms with Gasteiger partial charge < -0.3 is 14.6 Å². The van der Waals surface area contributed by atoms with Crippen LogP contribution in [0.25, 0.3) is 0 Å². The Morgan fingerprint density at radius 1 is 0.462 bits per heavy atom. The van der Waals surface area contributed by atoms with Crippen LogP contribution in [-0.2, 0) is 19.1 Å². The van der Waals surface area contributed by atoms with E-state index in [2.05, 4.69) is 62.5 Å². The highest BCUT2D eigenvalue weighted by molar-refractivity contribution is 5.70. The van der Waals surface area contributed by atoms with E-state index in [0.29, 0.717) is 12.8 Å². The summed E-state index contributed by atoms with van der Waals surface area (Å²) in [4.78, 5) is 24.3. The van der Waals surface area contributed by atoms with Crippen LogP contribution in [0.4, 0.5) is 0 Å². The summed E-state index contributed by atoms with van der Waals surface area (Å²) >= 11 is 0. The van der Waals surface area contributed by atoms with Crippen LogP contribution in [0.5, 0.6) is 0 Å². The first-order valence-corrected chi connectivity index (χ1v) is 22.2. The molecular weight excluding hydrogens is 645 g/mol. The van der Waals surface area contributed by atoms with Crippen molar-refractivity contribution in [2.45, 2.75) is 225 Å². The quantitative estimate of drug-likeness (QED) is 0.0386. The molecule has 0 radical (unpaired) electrons. The van der Waals surface area contributed by atoms with Gasteiger partial charge in [-0.05, 0) is 51.4 Å². The Hall–Kier alpha value is -2.14. The van der Waals surface area contributed by atoms with Crippen LogP contribution in [0.15, 0.2) is 48.6 Å². The summed E-state index contributed by atoms with van der Waals surface area (Å²) in [5, 5.41) is 9.59. The first-order valence-electron chi connectivity index (χ1n) is 22.2. The van der Waals surface area contributed by atoms with Crippen molar-refractivity contribution in [1.29, 1.82) is 0 Å². The highest BCUT2D eigenvalue weighted by Crippen LogP contribution is 2.15. The molecule has 5 heteroatoms. The molecule has 0 saturated carbocycles. The SMILES string of the molecule is CC/C=C\C/C=C\C/C=C\C/C=C\CCCCCCCCC(=O)OC(CO)COC(=O)CCCCCCCCCCCCCCCCCCCCC. The largest absolute Gasteiger partial charge is 0.462 e. The molecule has 0 aliphatic rings. The number of aliphatic hydroxyl groups is 1. The maximum atomic E-state index is 12.2. The number of ether oxygens (including phenoxy) is 2. The first kappa shape index (κ1) is 49.9. The lowest BCUT2D eigenvalue weighted by Crippen LogP contribution is -2.28. The van der Waals surface area contributed by atoms with E-state index in [1.807, 2.05) is 0 Å². The molecule has 0 saturated heterocycles. The molecule has 0 aromatic carbocycles. The van der Waals surface area contributed by atoms with Crippen LogP contribution in [0, 0.1) is 0 Å². The predicted molar refractivity (Wildman–Crippen MR) is 224 cm³/mol. The van der Waals surface area contributed by atoms with Crippen LogP contribution in [-0.4, -0.2) is 36.4 Å². The molecular formula is C47H84O5. The number of carbonyl (C=O) groups excluding carboxylic acids is 2. The Bertz CT molecular complexity index is 873. The van der Waals surface area contributed by atoms with Crippen molar-refractivity contribution >= 4 is 11.9 Å². The number of hydrogen-bond donors (Lipinski definition) is 1. The number of esters is 2. The van der Waals surface area contributed by atoms with Gasteiger partial charge in [-0.1, -0.05) is 204 Å². The molecule has 5 nitrogen and oxygen atoms in total. The Morgan fingerprint density at radius 2 is 0.827 bits per heavy atom. The van der Waals surface area contributed by atoms with Crippen LogP contribution in [0.3, 0.4) is 0 Å². The van der Waals surface area contributed by atoms with E-state index in [4.69, 9.17) is 9.47 Å². The van der Waals surface area contributed by atoms with Crippen molar-refractivity contribution in [3.8, 4) is 0 Å². The monoisotopic (exact) mass is 729 g/mol. The van der Waals surface area contributed by atoms with Crippen LogP contribution < -0.4 is 0 Å². The molecule has 52 heavy (non-hydrogen) atoms. The minimum absolute atomic E-state index is 0.0700. The van der Waals surface area contributed by atoms with E-state index in [0.717, 1.165) is 70.6 Å². The van der Waals surface area contributed by atoms with Crippen LogP contribution in [0.1, 0.15) is 219 Å². The number of hydrogen-bond acceptors (Lipinski definition) is 5. The summed E-state index contributed by atoms with van der Waals surface area (Å²) in [5.74, 6) is -0.600. The summed E-state index contributed by atoms with van der Waals surface area (Å²) in [6, 6.07) is 0. The second-order valence-corrected chi connectivity index (χ2v) is 14.8. The third kappa shape index (κ3) is 40.6. The Kier molecular flexibility index (Phi) is 41.5. The molecule has 0 spiro atoms. The van der Waals surface area contributed by atoms with Crippen LogP contribution in [0.2, 0.25) is 0 Å². The highest BCUT2D eigenvalue weighted by Gasteiger charge is 2.16. The topological polar surface area (TPSA) is 72.8 Å². The van der Waals surface area contributed by atoms with E-state index >= 15 is 0 Å². The minimum Gasteiger partial charge on any atom is -0.462 e. The first-order chi connectivity index (χ1) is 25.6. The molecule has 0 aromatic heterocycles. The van der Waals surface area contributed by atoms with Crippen molar-refractivity contribution in [3.63, 3.8) is 0 Å². The molecule has 1 atom stereocenters. The van der Waals surface area contributed by atoms with Gasteiger partial charge in [0.1, 0.15) is 6.61 Å². The predicted octanol–water partition coefficient (Wildman–Crippen LogP) is 14.2. The smallest absolute Gasteiger partial charge is 0.306 e. The van der Waals surface area contributed by atoms with Gasteiger partial charge in [0.2, 0.25) is 0 Å². The lowest BCUT2D eigenvalue weighted by atomic mass is 10.0. The summed E-state index contributed by atoms with van der Waals surface area (Å²) in [7, 11) is 0. The van der Waals surface area contributed by atoms with Gasteiger partial charge in [0, 0.05) is 12.8 Å². The summed E-state index contributed by atoms with van der Waals surface area (Å²) in [5.41, 5.74) is 0. The Balaban J connectivity index is 3.54. The molecule has 0 rings (SSSR count). The molecule has 0 bridgehead atoms. The summed E-state index contributed by atoms with van der Waals surface area (Å²) < 4.78 is 10.6. The molecule has 0 aliphatic heterocycles. The zero-order chi connectivity index (χ0) is 37.8. The van der Waals surface area contributed by atoms with Crippen LogP contribution >= 0.6 is 0 Å². The van der Waals surface area contributed by atoms with Crippen molar-refractivity contribution in [2.75, 3.05) is 13.2 Å². The molecule has 0 aromatic rings. The van der Waals surface area contributed by atoms with Crippen molar-refractivity contribution in [3.05, 3.63) is 48.6 Å². The van der Waals surface area contributed by atoms with Gasteiger partial charge in [-0.25, -0.2) is 0 Å². The normalized spacial score (nSPS) is 12.6. The molecule has 1 unspecified atom stereocenters. The summed E-state index contributed by atoms with van der Waals surface area (Å²) in [6.07, 6.45) is 54.7. The van der Waals surface area contributed by atoms with Gasteiger partial charge in [-0.15, -0.1) is 0 Å². The number of allylic oxidation sites excluding steroid dienone is 8.